The molecule has 0 saturated carbocycles. The molecule has 2 amide bonds. The number of aromatic nitrogens is 2. The van der Waals surface area contributed by atoms with E-state index < -0.39 is 24.0 Å². The molecule has 1 fully saturated rings. The standard InChI is InChI=1S/C21H20ClN5O4S/c1-27-5-4-13-16(8-27)32-20(25-13)19(29)24-15-9-31-21(30)17(15)26-18(28)14-7-10-6-11(22)2-3-12(10)23-14/h2-3,6-7,15,17,23H,4-5,8-9H2,1H3,(H,24,29)(H,26,28). The molecule has 3 N–H and O–H groups in total. The van der Waals surface area contributed by atoms with Crippen molar-refractivity contribution in [3.63, 3.8) is 0 Å². The second-order valence-corrected chi connectivity index (χ2v) is 9.47. The number of rotatable bonds is 4. The Labute approximate surface area is 192 Å². The van der Waals surface area contributed by atoms with Gasteiger partial charge in [-0.3, -0.25) is 9.59 Å². The quantitative estimate of drug-likeness (QED) is 0.497. The average molecular weight is 474 g/mol. The van der Waals surface area contributed by atoms with Crippen molar-refractivity contribution in [3.8, 4) is 0 Å². The van der Waals surface area contributed by atoms with Gasteiger partial charge in [-0.25, -0.2) is 9.78 Å². The summed E-state index contributed by atoms with van der Waals surface area (Å²) >= 11 is 7.35. The summed E-state index contributed by atoms with van der Waals surface area (Å²) in [5.41, 5.74) is 1.97. The number of ether oxygens (including phenoxy) is 1. The van der Waals surface area contributed by atoms with E-state index in [1.165, 1.54) is 11.3 Å². The van der Waals surface area contributed by atoms with Gasteiger partial charge >= 0.3 is 5.97 Å². The molecule has 0 bridgehead atoms. The third kappa shape index (κ3) is 3.96. The summed E-state index contributed by atoms with van der Waals surface area (Å²) in [5.74, 6) is -1.45. The van der Waals surface area contributed by atoms with Crippen LogP contribution in [0.5, 0.6) is 0 Å². The fourth-order valence-electron chi connectivity index (χ4n) is 3.90. The molecule has 2 aromatic heterocycles. The lowest BCUT2D eigenvalue weighted by Crippen LogP contribution is -2.52. The Morgan fingerprint density at radius 2 is 2.12 bits per heavy atom. The van der Waals surface area contributed by atoms with Crippen molar-refractivity contribution in [2.75, 3.05) is 20.2 Å². The van der Waals surface area contributed by atoms with E-state index in [0.717, 1.165) is 41.0 Å². The molecule has 166 valence electrons. The summed E-state index contributed by atoms with van der Waals surface area (Å²) in [5, 5.41) is 7.14. The number of carbonyl (C=O) groups excluding carboxylic acids is 3. The average Bonchev–Trinajstić information content (AvgIpc) is 3.45. The molecular formula is C21H20ClN5O4S. The molecule has 0 radical (unpaired) electrons. The van der Waals surface area contributed by atoms with E-state index in [2.05, 4.69) is 25.5 Å². The van der Waals surface area contributed by atoms with Gasteiger partial charge in [0.2, 0.25) is 0 Å². The molecule has 1 aromatic carbocycles. The van der Waals surface area contributed by atoms with Gasteiger partial charge in [0.15, 0.2) is 11.0 Å². The summed E-state index contributed by atoms with van der Waals surface area (Å²) in [6, 6.07) is 5.19. The van der Waals surface area contributed by atoms with Gasteiger partial charge in [-0.15, -0.1) is 11.3 Å². The number of thiazole rings is 1. The molecule has 5 rings (SSSR count). The Hall–Kier alpha value is -2.95. The van der Waals surface area contributed by atoms with Crippen molar-refractivity contribution in [1.29, 1.82) is 0 Å². The van der Waals surface area contributed by atoms with Crippen molar-refractivity contribution < 1.29 is 19.1 Å². The van der Waals surface area contributed by atoms with E-state index in [-0.39, 0.29) is 18.2 Å². The molecule has 11 heteroatoms. The molecular weight excluding hydrogens is 454 g/mol. The number of cyclic esters (lactones) is 1. The van der Waals surface area contributed by atoms with E-state index in [1.54, 1.807) is 24.3 Å². The maximum Gasteiger partial charge on any atom is 0.331 e. The zero-order chi connectivity index (χ0) is 22.4. The highest BCUT2D eigenvalue weighted by Gasteiger charge is 2.40. The van der Waals surface area contributed by atoms with Crippen molar-refractivity contribution >= 4 is 51.6 Å². The first kappa shape index (κ1) is 20.9. The van der Waals surface area contributed by atoms with Gasteiger partial charge < -0.3 is 25.3 Å². The Balaban J connectivity index is 1.29. The number of likely N-dealkylation sites (N-methyl/N-ethyl adjacent to an activating group) is 1. The van der Waals surface area contributed by atoms with Crippen molar-refractivity contribution in [1.82, 2.24) is 25.5 Å². The zero-order valence-corrected chi connectivity index (χ0v) is 18.7. The number of nitrogens with one attached hydrogen (secondary N) is 3. The molecule has 2 unspecified atom stereocenters. The first-order chi connectivity index (χ1) is 15.4. The zero-order valence-electron chi connectivity index (χ0n) is 17.1. The van der Waals surface area contributed by atoms with Crippen molar-refractivity contribution in [2.24, 2.45) is 0 Å². The number of hydrogen-bond acceptors (Lipinski definition) is 7. The Kier molecular flexibility index (Phi) is 5.36. The smallest absolute Gasteiger partial charge is 0.331 e. The number of amides is 2. The monoisotopic (exact) mass is 473 g/mol. The minimum Gasteiger partial charge on any atom is -0.462 e. The minimum atomic E-state index is -0.998. The van der Waals surface area contributed by atoms with Crippen LogP contribution in [-0.4, -0.2) is 64.9 Å². The second kappa shape index (κ2) is 8.19. The van der Waals surface area contributed by atoms with Gasteiger partial charge in [-0.1, -0.05) is 11.6 Å². The summed E-state index contributed by atoms with van der Waals surface area (Å²) < 4.78 is 5.10. The topological polar surface area (TPSA) is 116 Å². The lowest BCUT2D eigenvalue weighted by atomic mass is 10.1. The Bertz CT molecular complexity index is 1240. The van der Waals surface area contributed by atoms with Crippen LogP contribution < -0.4 is 10.6 Å². The van der Waals surface area contributed by atoms with Gasteiger partial charge in [-0.2, -0.15) is 0 Å². The Morgan fingerprint density at radius 3 is 2.97 bits per heavy atom. The van der Waals surface area contributed by atoms with Crippen LogP contribution in [0, 0.1) is 0 Å². The van der Waals surface area contributed by atoms with E-state index in [9.17, 15) is 14.4 Å². The number of carbonyl (C=O) groups is 3. The first-order valence-electron chi connectivity index (χ1n) is 10.1. The third-order valence-corrected chi connectivity index (χ3v) is 6.92. The molecule has 32 heavy (non-hydrogen) atoms. The molecule has 2 aliphatic rings. The summed E-state index contributed by atoms with van der Waals surface area (Å²) in [7, 11) is 2.03. The van der Waals surface area contributed by atoms with Gasteiger partial charge in [0, 0.05) is 40.3 Å². The predicted octanol–water partition coefficient (Wildman–Crippen LogP) is 1.72. The normalized spacial score (nSPS) is 20.8. The van der Waals surface area contributed by atoms with Gasteiger partial charge in [0.25, 0.3) is 11.8 Å². The highest BCUT2D eigenvalue weighted by Crippen LogP contribution is 2.25. The number of fused-ring (bicyclic) bond motifs is 2. The third-order valence-electron chi connectivity index (χ3n) is 5.61. The molecule has 0 aliphatic carbocycles. The van der Waals surface area contributed by atoms with Crippen LogP contribution in [0.3, 0.4) is 0 Å². The number of benzene rings is 1. The van der Waals surface area contributed by atoms with Crippen molar-refractivity contribution in [3.05, 3.63) is 50.6 Å². The molecule has 2 aliphatic heterocycles. The van der Waals surface area contributed by atoms with Crippen molar-refractivity contribution in [2.45, 2.75) is 25.0 Å². The predicted molar refractivity (Wildman–Crippen MR) is 119 cm³/mol. The second-order valence-electron chi connectivity index (χ2n) is 7.95. The van der Waals surface area contributed by atoms with Crippen LogP contribution in [-0.2, 0) is 22.5 Å². The van der Waals surface area contributed by atoms with Gasteiger partial charge in [0.1, 0.15) is 12.3 Å². The molecule has 3 aromatic rings. The number of esters is 1. The number of aromatic amines is 1. The maximum absolute atomic E-state index is 12.8. The molecule has 1 saturated heterocycles. The number of halogens is 1. The minimum absolute atomic E-state index is 0.0222. The van der Waals surface area contributed by atoms with Crippen LogP contribution in [0.15, 0.2) is 24.3 Å². The molecule has 9 nitrogen and oxygen atoms in total. The first-order valence-corrected chi connectivity index (χ1v) is 11.3. The number of nitrogens with zero attached hydrogens (tertiary/aromatic N) is 2. The summed E-state index contributed by atoms with van der Waals surface area (Å²) in [6.45, 7) is 1.64. The SMILES string of the molecule is CN1CCc2nc(C(=O)NC3COC(=O)C3NC(=O)c3cc4cc(Cl)ccc4[nH]3)sc2C1. The number of H-pyrrole nitrogens is 1. The van der Waals surface area contributed by atoms with Crippen LogP contribution in [0.25, 0.3) is 10.9 Å². The maximum atomic E-state index is 12.8. The Morgan fingerprint density at radius 1 is 1.28 bits per heavy atom. The lowest BCUT2D eigenvalue weighted by Gasteiger charge is -2.20. The van der Waals surface area contributed by atoms with Crippen LogP contribution >= 0.6 is 22.9 Å². The molecule has 0 spiro atoms. The largest absolute Gasteiger partial charge is 0.462 e. The van der Waals surface area contributed by atoms with Gasteiger partial charge in [0.05, 0.1) is 11.7 Å². The molecule has 2 atom stereocenters. The van der Waals surface area contributed by atoms with E-state index in [0.29, 0.717) is 10.0 Å². The van der Waals surface area contributed by atoms with E-state index in [4.69, 9.17) is 16.3 Å². The van der Waals surface area contributed by atoms with Crippen LogP contribution in [0.4, 0.5) is 0 Å². The molecule has 4 heterocycles. The van der Waals surface area contributed by atoms with Crippen LogP contribution in [0.2, 0.25) is 5.02 Å². The summed E-state index contributed by atoms with van der Waals surface area (Å²) in [4.78, 5) is 48.5. The fraction of sp³-hybridized carbons (Fsp3) is 0.333. The summed E-state index contributed by atoms with van der Waals surface area (Å²) in [6.07, 6.45) is 0.801. The van der Waals surface area contributed by atoms with Crippen LogP contribution in [0.1, 0.15) is 30.9 Å². The van der Waals surface area contributed by atoms with E-state index in [1.807, 2.05) is 7.05 Å². The highest BCUT2D eigenvalue weighted by molar-refractivity contribution is 7.13. The van der Waals surface area contributed by atoms with Gasteiger partial charge in [-0.05, 0) is 31.3 Å². The number of hydrogen-bond donors (Lipinski definition) is 3. The highest BCUT2D eigenvalue weighted by atomic mass is 35.5. The van der Waals surface area contributed by atoms with E-state index >= 15 is 0 Å². The lowest BCUT2D eigenvalue weighted by molar-refractivity contribution is -0.139. The fourth-order valence-corrected chi connectivity index (χ4v) is 5.17.